The Kier molecular flexibility index (Phi) is 7.86. The fourth-order valence-corrected chi connectivity index (χ4v) is 2.72. The summed E-state index contributed by atoms with van der Waals surface area (Å²) in [4.78, 5) is 23.3. The molecule has 0 saturated heterocycles. The van der Waals surface area contributed by atoms with Gasteiger partial charge in [-0.2, -0.15) is 0 Å². The highest BCUT2D eigenvalue weighted by molar-refractivity contribution is 5.94. The molecule has 0 fully saturated rings. The van der Waals surface area contributed by atoms with Gasteiger partial charge < -0.3 is 14.8 Å². The minimum atomic E-state index is -0.0258. The molecule has 0 radical (unpaired) electrons. The summed E-state index contributed by atoms with van der Waals surface area (Å²) in [6.07, 6.45) is 1.83. The number of hydrogen-bond acceptors (Lipinski definition) is 4. The Bertz CT molecular complexity index is 786. The molecule has 2 aromatic rings. The monoisotopic (exact) mass is 369 g/mol. The van der Waals surface area contributed by atoms with Crippen molar-refractivity contribution in [3.8, 4) is 11.5 Å². The highest BCUT2D eigenvalue weighted by atomic mass is 16.5. The summed E-state index contributed by atoms with van der Waals surface area (Å²) in [5.74, 6) is 1.08. The molecule has 5 heteroatoms. The van der Waals surface area contributed by atoms with Gasteiger partial charge in [0.05, 0.1) is 13.7 Å². The number of amides is 1. The molecule has 0 aliphatic carbocycles. The Balaban J connectivity index is 1.69. The topological polar surface area (TPSA) is 64.6 Å². The van der Waals surface area contributed by atoms with E-state index < -0.39 is 0 Å². The summed E-state index contributed by atoms with van der Waals surface area (Å²) in [6, 6.07) is 13.4. The first-order valence-corrected chi connectivity index (χ1v) is 9.13. The molecular weight excluding hydrogens is 342 g/mol. The second kappa shape index (κ2) is 10.4. The second-order valence-corrected chi connectivity index (χ2v) is 6.46. The van der Waals surface area contributed by atoms with Crippen molar-refractivity contribution < 1.29 is 19.1 Å². The second-order valence-electron chi connectivity index (χ2n) is 6.46. The van der Waals surface area contributed by atoms with E-state index in [1.54, 1.807) is 18.2 Å². The van der Waals surface area contributed by atoms with Crippen LogP contribution in [0.4, 0.5) is 0 Å². The van der Waals surface area contributed by atoms with Gasteiger partial charge >= 0.3 is 0 Å². The number of ether oxygens (including phenoxy) is 2. The highest BCUT2D eigenvalue weighted by Gasteiger charge is 2.09. The number of aryl methyl sites for hydroxylation is 1. The minimum Gasteiger partial charge on any atom is -0.493 e. The maximum Gasteiger partial charge on any atom is 0.220 e. The summed E-state index contributed by atoms with van der Waals surface area (Å²) in [5, 5.41) is 2.94. The molecule has 1 N–H and O–H groups in total. The summed E-state index contributed by atoms with van der Waals surface area (Å²) in [5.41, 5.74) is 3.02. The molecular formula is C22H27NO4. The van der Waals surface area contributed by atoms with Crippen molar-refractivity contribution in [3.63, 3.8) is 0 Å². The van der Waals surface area contributed by atoms with Crippen LogP contribution in [-0.4, -0.2) is 32.0 Å². The summed E-state index contributed by atoms with van der Waals surface area (Å²) < 4.78 is 10.9. The number of carbonyl (C=O) groups is 2. The van der Waals surface area contributed by atoms with Gasteiger partial charge in [-0.25, -0.2) is 0 Å². The number of Topliss-reactive ketones (excluding diaryl/α,β-unsaturated/α-hetero) is 1. The van der Waals surface area contributed by atoms with Crippen LogP contribution < -0.4 is 14.8 Å². The molecule has 5 nitrogen and oxygen atoms in total. The lowest BCUT2D eigenvalue weighted by Crippen LogP contribution is -2.25. The van der Waals surface area contributed by atoms with E-state index in [0.717, 1.165) is 6.42 Å². The van der Waals surface area contributed by atoms with E-state index in [9.17, 15) is 9.59 Å². The summed E-state index contributed by atoms with van der Waals surface area (Å²) in [7, 11) is 1.54. The average molecular weight is 369 g/mol. The maximum atomic E-state index is 11.9. The first-order valence-electron chi connectivity index (χ1n) is 9.13. The van der Waals surface area contributed by atoms with Crippen molar-refractivity contribution in [1.82, 2.24) is 5.32 Å². The molecule has 27 heavy (non-hydrogen) atoms. The van der Waals surface area contributed by atoms with Gasteiger partial charge in [-0.05, 0) is 50.5 Å². The Morgan fingerprint density at radius 3 is 2.59 bits per heavy atom. The Morgan fingerprint density at radius 2 is 1.89 bits per heavy atom. The summed E-state index contributed by atoms with van der Waals surface area (Å²) in [6.45, 7) is 4.60. The Labute approximate surface area is 160 Å². The third-order valence-corrected chi connectivity index (χ3v) is 4.19. The standard InChI is InChI=1S/C22H27NO4/c1-16-6-4-7-18(14-16)11-12-23-22(25)8-5-13-27-20-10-9-19(17(2)24)15-21(20)26-3/h4,6-7,9-10,14-15H,5,8,11-13H2,1-3H3,(H,23,25). The number of rotatable bonds is 10. The molecule has 2 rings (SSSR count). The average Bonchev–Trinajstić information content (AvgIpc) is 2.65. The van der Waals surface area contributed by atoms with E-state index in [-0.39, 0.29) is 11.7 Å². The van der Waals surface area contributed by atoms with E-state index in [1.165, 1.54) is 25.2 Å². The predicted octanol–water partition coefficient (Wildman–Crippen LogP) is 3.72. The molecule has 0 aliphatic rings. The fraction of sp³-hybridized carbons (Fsp3) is 0.364. The van der Waals surface area contributed by atoms with Gasteiger partial charge in [0.25, 0.3) is 0 Å². The lowest BCUT2D eigenvalue weighted by Gasteiger charge is -2.11. The quantitative estimate of drug-likeness (QED) is 0.512. The zero-order valence-electron chi connectivity index (χ0n) is 16.2. The van der Waals surface area contributed by atoms with Crippen LogP contribution >= 0.6 is 0 Å². The van der Waals surface area contributed by atoms with Crippen LogP contribution in [0.3, 0.4) is 0 Å². The predicted molar refractivity (Wildman–Crippen MR) is 106 cm³/mol. The number of carbonyl (C=O) groups excluding carboxylic acids is 2. The lowest BCUT2D eigenvalue weighted by molar-refractivity contribution is -0.121. The molecule has 0 atom stereocenters. The van der Waals surface area contributed by atoms with E-state index in [1.807, 2.05) is 6.07 Å². The molecule has 2 aromatic carbocycles. The molecule has 1 amide bonds. The van der Waals surface area contributed by atoms with Gasteiger partial charge in [0, 0.05) is 18.5 Å². The Morgan fingerprint density at radius 1 is 1.07 bits per heavy atom. The van der Waals surface area contributed by atoms with Gasteiger partial charge in [0.1, 0.15) is 0 Å². The lowest BCUT2D eigenvalue weighted by atomic mass is 10.1. The SMILES string of the molecule is COc1cc(C(C)=O)ccc1OCCCC(=O)NCCc1cccc(C)c1. The largest absolute Gasteiger partial charge is 0.493 e. The van der Waals surface area contributed by atoms with Crippen molar-refractivity contribution in [3.05, 3.63) is 59.2 Å². The van der Waals surface area contributed by atoms with E-state index >= 15 is 0 Å². The molecule has 0 aliphatic heterocycles. The van der Waals surface area contributed by atoms with Crippen LogP contribution in [-0.2, 0) is 11.2 Å². The van der Waals surface area contributed by atoms with E-state index in [2.05, 4.69) is 30.4 Å². The zero-order valence-corrected chi connectivity index (χ0v) is 16.2. The number of hydrogen-bond donors (Lipinski definition) is 1. The smallest absolute Gasteiger partial charge is 0.220 e. The number of benzene rings is 2. The highest BCUT2D eigenvalue weighted by Crippen LogP contribution is 2.28. The number of nitrogens with one attached hydrogen (secondary N) is 1. The molecule has 0 spiro atoms. The van der Waals surface area contributed by atoms with Crippen LogP contribution in [0, 0.1) is 6.92 Å². The molecule has 0 heterocycles. The first kappa shape index (κ1) is 20.5. The third-order valence-electron chi connectivity index (χ3n) is 4.19. The van der Waals surface area contributed by atoms with E-state index in [0.29, 0.717) is 43.1 Å². The normalized spacial score (nSPS) is 10.3. The van der Waals surface area contributed by atoms with Gasteiger partial charge in [-0.1, -0.05) is 29.8 Å². The van der Waals surface area contributed by atoms with Crippen LogP contribution in [0.5, 0.6) is 11.5 Å². The van der Waals surface area contributed by atoms with Gasteiger partial charge in [0.2, 0.25) is 5.91 Å². The van der Waals surface area contributed by atoms with Gasteiger partial charge in [-0.15, -0.1) is 0 Å². The van der Waals surface area contributed by atoms with Crippen molar-refractivity contribution in [2.75, 3.05) is 20.3 Å². The minimum absolute atomic E-state index is 0.0187. The summed E-state index contributed by atoms with van der Waals surface area (Å²) >= 11 is 0. The van der Waals surface area contributed by atoms with Crippen LogP contribution in [0.25, 0.3) is 0 Å². The third kappa shape index (κ3) is 6.77. The molecule has 0 aromatic heterocycles. The van der Waals surface area contributed by atoms with Crippen LogP contribution in [0.15, 0.2) is 42.5 Å². The maximum absolute atomic E-state index is 11.9. The van der Waals surface area contributed by atoms with Crippen molar-refractivity contribution in [2.24, 2.45) is 0 Å². The molecule has 0 bridgehead atoms. The van der Waals surface area contributed by atoms with Crippen LogP contribution in [0.1, 0.15) is 41.3 Å². The number of methoxy groups -OCH3 is 1. The fourth-order valence-electron chi connectivity index (χ4n) is 2.72. The zero-order chi connectivity index (χ0) is 19.6. The van der Waals surface area contributed by atoms with Gasteiger partial charge in [-0.3, -0.25) is 9.59 Å². The van der Waals surface area contributed by atoms with Crippen molar-refractivity contribution in [2.45, 2.75) is 33.1 Å². The van der Waals surface area contributed by atoms with Crippen molar-refractivity contribution in [1.29, 1.82) is 0 Å². The van der Waals surface area contributed by atoms with Crippen LogP contribution in [0.2, 0.25) is 0 Å². The molecule has 0 unspecified atom stereocenters. The number of ketones is 1. The first-order chi connectivity index (χ1) is 13.0. The molecule has 0 saturated carbocycles. The Hall–Kier alpha value is -2.82. The molecule has 144 valence electrons. The van der Waals surface area contributed by atoms with Crippen molar-refractivity contribution >= 4 is 11.7 Å². The van der Waals surface area contributed by atoms with Gasteiger partial charge in [0.15, 0.2) is 17.3 Å². The van der Waals surface area contributed by atoms with E-state index in [4.69, 9.17) is 9.47 Å².